The molecule has 4 rings (SSSR count). The predicted molar refractivity (Wildman–Crippen MR) is 79.1 cm³/mol. The highest BCUT2D eigenvalue weighted by molar-refractivity contribution is 4.99. The van der Waals surface area contributed by atoms with E-state index < -0.39 is 0 Å². The van der Waals surface area contributed by atoms with Crippen molar-refractivity contribution in [3.8, 4) is 0 Å². The second-order valence-corrected chi connectivity index (χ2v) is 7.98. The summed E-state index contributed by atoms with van der Waals surface area (Å²) in [5.41, 5.74) is 0. The van der Waals surface area contributed by atoms with E-state index in [0.29, 0.717) is 0 Å². The van der Waals surface area contributed by atoms with Crippen molar-refractivity contribution in [3.63, 3.8) is 0 Å². The van der Waals surface area contributed by atoms with Crippen LogP contribution < -0.4 is 5.32 Å². The third kappa shape index (κ3) is 2.25. The summed E-state index contributed by atoms with van der Waals surface area (Å²) in [6, 6.07) is 2.37. The third-order valence-electron chi connectivity index (χ3n) is 6.78. The van der Waals surface area contributed by atoms with Gasteiger partial charge in [0, 0.05) is 31.2 Å². The molecule has 0 aromatic rings. The lowest BCUT2D eigenvalue weighted by Crippen LogP contribution is -2.60. The van der Waals surface area contributed by atoms with E-state index in [0.717, 1.165) is 41.8 Å². The van der Waals surface area contributed by atoms with E-state index in [9.17, 15) is 0 Å². The van der Waals surface area contributed by atoms with Gasteiger partial charge in [-0.1, -0.05) is 6.42 Å². The molecule has 0 aromatic heterocycles. The van der Waals surface area contributed by atoms with Crippen LogP contribution in [-0.4, -0.2) is 36.1 Å². The summed E-state index contributed by atoms with van der Waals surface area (Å²) >= 11 is 0. The van der Waals surface area contributed by atoms with E-state index in [-0.39, 0.29) is 0 Å². The van der Waals surface area contributed by atoms with Gasteiger partial charge in [0.1, 0.15) is 0 Å². The maximum Gasteiger partial charge on any atom is 0.0224 e. The summed E-state index contributed by atoms with van der Waals surface area (Å²) in [5.74, 6) is 4.18. The highest BCUT2D eigenvalue weighted by Gasteiger charge is 2.45. The monoisotopic (exact) mass is 262 g/mol. The van der Waals surface area contributed by atoms with Crippen molar-refractivity contribution in [3.05, 3.63) is 0 Å². The lowest BCUT2D eigenvalue weighted by molar-refractivity contribution is 0.0468. The highest BCUT2D eigenvalue weighted by Crippen LogP contribution is 2.50. The Balaban J connectivity index is 1.44. The van der Waals surface area contributed by atoms with Crippen LogP contribution in [0, 0.1) is 23.7 Å². The van der Waals surface area contributed by atoms with Crippen LogP contribution in [0.3, 0.4) is 0 Å². The Labute approximate surface area is 118 Å². The first-order valence-corrected chi connectivity index (χ1v) is 8.71. The number of nitrogens with one attached hydrogen (secondary N) is 1. The Morgan fingerprint density at radius 3 is 2.47 bits per heavy atom. The molecule has 0 amide bonds. The number of rotatable bonds is 3. The Kier molecular flexibility index (Phi) is 3.15. The minimum absolute atomic E-state index is 0.740. The molecule has 3 saturated carbocycles. The van der Waals surface area contributed by atoms with Crippen LogP contribution in [0.1, 0.15) is 52.4 Å². The molecule has 0 spiro atoms. The Morgan fingerprint density at radius 2 is 1.84 bits per heavy atom. The van der Waals surface area contributed by atoms with Crippen molar-refractivity contribution in [2.75, 3.05) is 13.1 Å². The molecule has 2 bridgehead atoms. The van der Waals surface area contributed by atoms with Crippen LogP contribution in [-0.2, 0) is 0 Å². The predicted octanol–water partition coefficient (Wildman–Crippen LogP) is 2.88. The molecule has 0 aromatic carbocycles. The highest BCUT2D eigenvalue weighted by atomic mass is 15.3. The molecule has 0 radical (unpaired) electrons. The molecule has 2 nitrogen and oxygen atoms in total. The lowest BCUT2D eigenvalue weighted by atomic mass is 9.82. The zero-order valence-electron chi connectivity index (χ0n) is 12.6. The van der Waals surface area contributed by atoms with Gasteiger partial charge in [0.2, 0.25) is 0 Å². The second-order valence-electron chi connectivity index (χ2n) is 7.98. The maximum atomic E-state index is 3.80. The van der Waals surface area contributed by atoms with Gasteiger partial charge in [0.05, 0.1) is 0 Å². The van der Waals surface area contributed by atoms with E-state index in [1.54, 1.807) is 6.42 Å². The molecule has 1 N–H and O–H groups in total. The lowest BCUT2D eigenvalue weighted by Gasteiger charge is -2.46. The molecule has 2 heteroatoms. The molecule has 4 aliphatic rings. The van der Waals surface area contributed by atoms with Gasteiger partial charge in [0.25, 0.3) is 0 Å². The van der Waals surface area contributed by atoms with Gasteiger partial charge in [-0.3, -0.25) is 4.90 Å². The molecule has 108 valence electrons. The average Bonchev–Trinajstić information content (AvgIpc) is 3.06. The van der Waals surface area contributed by atoms with Crippen molar-refractivity contribution < 1.29 is 0 Å². The summed E-state index contributed by atoms with van der Waals surface area (Å²) in [7, 11) is 0. The standard InChI is InChI=1S/C17H30N2/c1-11-9-18-17(14-5-6-14)10-19(11)12(2)16-8-13-3-4-15(16)7-13/h11-18H,3-10H2,1-2H3. The zero-order chi connectivity index (χ0) is 13.0. The number of nitrogens with zero attached hydrogens (tertiary/aromatic N) is 1. The SMILES string of the molecule is CC1CNC(C2CC2)CN1C(C)C1CC2CCC1C2. The van der Waals surface area contributed by atoms with Gasteiger partial charge in [-0.2, -0.15) is 0 Å². The first kappa shape index (κ1) is 12.6. The fourth-order valence-electron chi connectivity index (χ4n) is 5.42. The fourth-order valence-corrected chi connectivity index (χ4v) is 5.42. The number of hydrogen-bond donors (Lipinski definition) is 1. The van der Waals surface area contributed by atoms with E-state index in [4.69, 9.17) is 0 Å². The van der Waals surface area contributed by atoms with Crippen LogP contribution in [0.25, 0.3) is 0 Å². The smallest absolute Gasteiger partial charge is 0.0224 e. The Bertz CT molecular complexity index is 338. The van der Waals surface area contributed by atoms with Crippen molar-refractivity contribution in [2.45, 2.75) is 70.5 Å². The van der Waals surface area contributed by atoms with Crippen LogP contribution in [0.15, 0.2) is 0 Å². The minimum Gasteiger partial charge on any atom is -0.311 e. The Morgan fingerprint density at radius 1 is 1.05 bits per heavy atom. The summed E-state index contributed by atoms with van der Waals surface area (Å²) in [5, 5.41) is 3.80. The molecule has 1 aliphatic heterocycles. The van der Waals surface area contributed by atoms with Gasteiger partial charge in [0.15, 0.2) is 0 Å². The largest absolute Gasteiger partial charge is 0.311 e. The third-order valence-corrected chi connectivity index (χ3v) is 6.78. The van der Waals surface area contributed by atoms with Crippen molar-refractivity contribution in [1.82, 2.24) is 10.2 Å². The zero-order valence-corrected chi connectivity index (χ0v) is 12.6. The van der Waals surface area contributed by atoms with Gasteiger partial charge in [-0.15, -0.1) is 0 Å². The summed E-state index contributed by atoms with van der Waals surface area (Å²) in [6.45, 7) is 7.50. The molecular weight excluding hydrogens is 232 g/mol. The normalized spacial score (nSPS) is 48.6. The Hall–Kier alpha value is -0.0800. The quantitative estimate of drug-likeness (QED) is 0.841. The molecule has 6 unspecified atom stereocenters. The van der Waals surface area contributed by atoms with Gasteiger partial charge in [-0.05, 0) is 69.6 Å². The summed E-state index contributed by atoms with van der Waals surface area (Å²) < 4.78 is 0. The molecule has 6 atom stereocenters. The number of piperazine rings is 1. The second kappa shape index (κ2) is 4.73. The van der Waals surface area contributed by atoms with Crippen LogP contribution >= 0.6 is 0 Å². The van der Waals surface area contributed by atoms with Gasteiger partial charge < -0.3 is 5.32 Å². The van der Waals surface area contributed by atoms with Crippen molar-refractivity contribution >= 4 is 0 Å². The van der Waals surface area contributed by atoms with E-state index >= 15 is 0 Å². The van der Waals surface area contributed by atoms with Crippen LogP contribution in [0.5, 0.6) is 0 Å². The van der Waals surface area contributed by atoms with Crippen LogP contribution in [0.2, 0.25) is 0 Å². The van der Waals surface area contributed by atoms with Gasteiger partial charge >= 0.3 is 0 Å². The summed E-state index contributed by atoms with van der Waals surface area (Å²) in [6.07, 6.45) is 9.12. The first-order valence-electron chi connectivity index (χ1n) is 8.71. The molecule has 1 saturated heterocycles. The van der Waals surface area contributed by atoms with Crippen molar-refractivity contribution in [2.24, 2.45) is 23.7 Å². The molecular formula is C17H30N2. The summed E-state index contributed by atoms with van der Waals surface area (Å²) in [4.78, 5) is 2.87. The van der Waals surface area contributed by atoms with E-state index in [1.807, 2.05) is 0 Å². The minimum atomic E-state index is 0.740. The fraction of sp³-hybridized carbons (Fsp3) is 1.00. The first-order chi connectivity index (χ1) is 9.22. The number of hydrogen-bond acceptors (Lipinski definition) is 2. The van der Waals surface area contributed by atoms with E-state index in [1.165, 1.54) is 45.2 Å². The van der Waals surface area contributed by atoms with Crippen molar-refractivity contribution in [1.29, 1.82) is 0 Å². The van der Waals surface area contributed by atoms with E-state index in [2.05, 4.69) is 24.1 Å². The van der Waals surface area contributed by atoms with Gasteiger partial charge in [-0.25, -0.2) is 0 Å². The molecule has 3 aliphatic carbocycles. The molecule has 19 heavy (non-hydrogen) atoms. The average molecular weight is 262 g/mol. The maximum absolute atomic E-state index is 3.80. The van der Waals surface area contributed by atoms with Crippen LogP contribution in [0.4, 0.5) is 0 Å². The molecule has 4 fully saturated rings. The molecule has 1 heterocycles. The number of fused-ring (bicyclic) bond motifs is 2. The topological polar surface area (TPSA) is 15.3 Å².